The average molecular weight is 262 g/mol. The number of carbonyl (C=O) groups is 1. The summed E-state index contributed by atoms with van der Waals surface area (Å²) in [5.74, 6) is -0.359. The number of rotatable bonds is 3. The number of nitrogens with one attached hydrogen (secondary N) is 1. The number of anilines is 2. The van der Waals surface area contributed by atoms with Crippen LogP contribution < -0.4 is 11.1 Å². The summed E-state index contributed by atoms with van der Waals surface area (Å²) in [7, 11) is 1.37. The van der Waals surface area contributed by atoms with Gasteiger partial charge in [-0.25, -0.2) is 4.79 Å². The Morgan fingerprint density at radius 3 is 2.58 bits per heavy atom. The first-order valence-corrected chi connectivity index (χ1v) is 6.80. The number of nitrogens with two attached hydrogens (primary N) is 1. The Morgan fingerprint density at radius 2 is 2.00 bits per heavy atom. The zero-order valence-electron chi connectivity index (χ0n) is 11.7. The smallest absolute Gasteiger partial charge is 0.337 e. The van der Waals surface area contributed by atoms with Crippen molar-refractivity contribution in [2.45, 2.75) is 44.6 Å². The van der Waals surface area contributed by atoms with Gasteiger partial charge in [0, 0.05) is 5.54 Å². The number of hydrogen-bond acceptors (Lipinski definition) is 4. The highest BCUT2D eigenvalue weighted by Gasteiger charge is 2.27. The maximum absolute atomic E-state index is 11.4. The topological polar surface area (TPSA) is 64.3 Å². The molecular weight excluding hydrogens is 240 g/mol. The molecule has 0 aliphatic heterocycles. The number of benzene rings is 1. The van der Waals surface area contributed by atoms with Gasteiger partial charge in [0.05, 0.1) is 24.0 Å². The molecule has 0 radical (unpaired) electrons. The van der Waals surface area contributed by atoms with Crippen LogP contribution in [0.1, 0.15) is 49.4 Å². The number of hydrogen-bond donors (Lipinski definition) is 2. The van der Waals surface area contributed by atoms with Crippen molar-refractivity contribution in [2.24, 2.45) is 0 Å². The summed E-state index contributed by atoms with van der Waals surface area (Å²) >= 11 is 0. The van der Waals surface area contributed by atoms with Crippen molar-refractivity contribution in [3.05, 3.63) is 23.8 Å². The van der Waals surface area contributed by atoms with E-state index in [0.717, 1.165) is 18.5 Å². The first-order valence-electron chi connectivity index (χ1n) is 6.80. The van der Waals surface area contributed by atoms with Crippen molar-refractivity contribution in [1.82, 2.24) is 0 Å². The molecule has 2 rings (SSSR count). The SMILES string of the molecule is COC(=O)c1ccc(NC2(C)CCCCC2)c(N)c1. The van der Waals surface area contributed by atoms with Crippen LogP contribution in [0.4, 0.5) is 11.4 Å². The lowest BCUT2D eigenvalue weighted by atomic mass is 9.83. The van der Waals surface area contributed by atoms with E-state index in [9.17, 15) is 4.79 Å². The maximum atomic E-state index is 11.4. The van der Waals surface area contributed by atoms with Gasteiger partial charge in [-0.1, -0.05) is 19.3 Å². The van der Waals surface area contributed by atoms with Crippen molar-refractivity contribution in [3.8, 4) is 0 Å². The predicted octanol–water partition coefficient (Wildman–Crippen LogP) is 3.19. The Labute approximate surface area is 114 Å². The number of ether oxygens (including phenoxy) is 1. The molecule has 4 heteroatoms. The highest BCUT2D eigenvalue weighted by atomic mass is 16.5. The molecule has 1 aliphatic rings. The van der Waals surface area contributed by atoms with Gasteiger partial charge in [0.2, 0.25) is 0 Å². The molecule has 3 N–H and O–H groups in total. The van der Waals surface area contributed by atoms with Crippen molar-refractivity contribution < 1.29 is 9.53 Å². The van der Waals surface area contributed by atoms with Crippen LogP contribution in [0, 0.1) is 0 Å². The second-order valence-electron chi connectivity index (χ2n) is 5.54. The molecule has 0 aromatic heterocycles. The third kappa shape index (κ3) is 3.19. The third-order valence-corrected chi connectivity index (χ3v) is 3.87. The van der Waals surface area contributed by atoms with Crippen LogP contribution in [0.25, 0.3) is 0 Å². The number of methoxy groups -OCH3 is 1. The van der Waals surface area contributed by atoms with Crippen molar-refractivity contribution in [3.63, 3.8) is 0 Å². The Balaban J connectivity index is 2.15. The molecular formula is C15H22N2O2. The molecule has 0 bridgehead atoms. The molecule has 4 nitrogen and oxygen atoms in total. The fraction of sp³-hybridized carbons (Fsp3) is 0.533. The van der Waals surface area contributed by atoms with Crippen LogP contribution in [0.2, 0.25) is 0 Å². The van der Waals surface area contributed by atoms with Gasteiger partial charge in [-0.3, -0.25) is 0 Å². The van der Waals surface area contributed by atoms with Gasteiger partial charge in [0.15, 0.2) is 0 Å². The lowest BCUT2D eigenvalue weighted by Gasteiger charge is -2.36. The Bertz CT molecular complexity index is 465. The fourth-order valence-electron chi connectivity index (χ4n) is 2.70. The second-order valence-corrected chi connectivity index (χ2v) is 5.54. The number of esters is 1. The van der Waals surface area contributed by atoms with Gasteiger partial charge in [-0.05, 0) is 38.0 Å². The van der Waals surface area contributed by atoms with E-state index in [0.29, 0.717) is 11.3 Å². The van der Waals surface area contributed by atoms with E-state index in [1.807, 2.05) is 6.07 Å². The van der Waals surface area contributed by atoms with Crippen molar-refractivity contribution in [1.29, 1.82) is 0 Å². The van der Waals surface area contributed by atoms with Gasteiger partial charge >= 0.3 is 5.97 Å². The molecule has 0 spiro atoms. The number of nitrogen functional groups attached to an aromatic ring is 1. The zero-order chi connectivity index (χ0) is 13.9. The Morgan fingerprint density at radius 1 is 1.32 bits per heavy atom. The zero-order valence-corrected chi connectivity index (χ0v) is 11.7. The van der Waals surface area contributed by atoms with Crippen LogP contribution >= 0.6 is 0 Å². The van der Waals surface area contributed by atoms with E-state index in [2.05, 4.69) is 17.0 Å². The van der Waals surface area contributed by atoms with Gasteiger partial charge in [-0.15, -0.1) is 0 Å². The minimum atomic E-state index is -0.359. The molecule has 0 amide bonds. The van der Waals surface area contributed by atoms with Gasteiger partial charge in [0.25, 0.3) is 0 Å². The Hall–Kier alpha value is -1.71. The van der Waals surface area contributed by atoms with Gasteiger partial charge in [-0.2, -0.15) is 0 Å². The molecule has 19 heavy (non-hydrogen) atoms. The predicted molar refractivity (Wildman–Crippen MR) is 77.3 cm³/mol. The first kappa shape index (κ1) is 13.7. The molecule has 1 aromatic rings. The maximum Gasteiger partial charge on any atom is 0.337 e. The summed E-state index contributed by atoms with van der Waals surface area (Å²) in [5.41, 5.74) is 8.11. The third-order valence-electron chi connectivity index (χ3n) is 3.87. The average Bonchev–Trinajstić information content (AvgIpc) is 2.41. The van der Waals surface area contributed by atoms with E-state index in [1.54, 1.807) is 12.1 Å². The summed E-state index contributed by atoms with van der Waals surface area (Å²) in [6, 6.07) is 5.28. The summed E-state index contributed by atoms with van der Waals surface area (Å²) in [6.07, 6.45) is 6.14. The van der Waals surface area contributed by atoms with E-state index >= 15 is 0 Å². The summed E-state index contributed by atoms with van der Waals surface area (Å²) in [6.45, 7) is 2.24. The monoisotopic (exact) mass is 262 g/mol. The molecule has 1 fully saturated rings. The van der Waals surface area contributed by atoms with Crippen LogP contribution in [0.3, 0.4) is 0 Å². The molecule has 1 aromatic carbocycles. The van der Waals surface area contributed by atoms with Gasteiger partial charge in [0.1, 0.15) is 0 Å². The first-order chi connectivity index (χ1) is 9.04. The van der Waals surface area contributed by atoms with Crippen LogP contribution in [0.15, 0.2) is 18.2 Å². The highest BCUT2D eigenvalue weighted by Crippen LogP contribution is 2.33. The molecule has 0 heterocycles. The van der Waals surface area contributed by atoms with Crippen LogP contribution in [-0.4, -0.2) is 18.6 Å². The quantitative estimate of drug-likeness (QED) is 0.648. The van der Waals surface area contributed by atoms with Crippen molar-refractivity contribution in [2.75, 3.05) is 18.2 Å². The molecule has 0 saturated heterocycles. The molecule has 1 saturated carbocycles. The minimum Gasteiger partial charge on any atom is -0.465 e. The second kappa shape index (κ2) is 5.51. The van der Waals surface area contributed by atoms with Crippen LogP contribution in [-0.2, 0) is 4.74 Å². The fourth-order valence-corrected chi connectivity index (χ4v) is 2.70. The molecule has 1 aliphatic carbocycles. The highest BCUT2D eigenvalue weighted by molar-refractivity contribution is 5.91. The van der Waals surface area contributed by atoms with E-state index in [-0.39, 0.29) is 11.5 Å². The normalized spacial score (nSPS) is 17.8. The van der Waals surface area contributed by atoms with Crippen LogP contribution in [0.5, 0.6) is 0 Å². The largest absolute Gasteiger partial charge is 0.465 e. The number of carbonyl (C=O) groups excluding carboxylic acids is 1. The molecule has 0 unspecified atom stereocenters. The standard InChI is InChI=1S/C15H22N2O2/c1-15(8-4-3-5-9-15)17-13-7-6-11(10-12(13)16)14(18)19-2/h6-7,10,17H,3-5,8-9,16H2,1-2H3. The summed E-state index contributed by atoms with van der Waals surface area (Å²) in [4.78, 5) is 11.4. The minimum absolute atomic E-state index is 0.110. The van der Waals surface area contributed by atoms with Crippen molar-refractivity contribution >= 4 is 17.3 Å². The summed E-state index contributed by atoms with van der Waals surface area (Å²) in [5, 5.41) is 3.53. The van der Waals surface area contributed by atoms with E-state index in [1.165, 1.54) is 26.4 Å². The lowest BCUT2D eigenvalue weighted by Crippen LogP contribution is -2.37. The Kier molecular flexibility index (Phi) is 3.98. The van der Waals surface area contributed by atoms with Gasteiger partial charge < -0.3 is 15.8 Å². The van der Waals surface area contributed by atoms with E-state index < -0.39 is 0 Å². The lowest BCUT2D eigenvalue weighted by molar-refractivity contribution is 0.0601. The molecule has 0 atom stereocenters. The molecule has 104 valence electrons. The van der Waals surface area contributed by atoms with E-state index in [4.69, 9.17) is 5.73 Å². The summed E-state index contributed by atoms with van der Waals surface area (Å²) < 4.78 is 4.69.